The van der Waals surface area contributed by atoms with Gasteiger partial charge in [0.05, 0.1) is 6.10 Å². The maximum absolute atomic E-state index is 6.21. The topological polar surface area (TPSA) is 9.23 Å². The molecular weight excluding hydrogens is 264 g/mol. The van der Waals surface area contributed by atoms with Gasteiger partial charge in [-0.25, -0.2) is 0 Å². The van der Waals surface area contributed by atoms with Crippen molar-refractivity contribution in [3.8, 4) is 11.5 Å². The summed E-state index contributed by atoms with van der Waals surface area (Å²) in [5.41, 5.74) is 3.37. The molecule has 0 aliphatic heterocycles. The van der Waals surface area contributed by atoms with E-state index in [9.17, 15) is 0 Å². The first-order valence-corrected chi connectivity index (χ1v) is 14.4. The van der Waals surface area contributed by atoms with Crippen LogP contribution in [0.4, 0.5) is 0 Å². The number of rotatable bonds is 7. The Labute approximate surface area is 123 Å². The standard InChI is InChI=1S/C16H32OSi2/c1-8-9-10-13-16(17-19(5,6)7)14-11-12-15-18(2,3)4/h11,14,16H,8-10,13H2,1-7H3/b14-11-. The summed E-state index contributed by atoms with van der Waals surface area (Å²) in [5.74, 6) is 3.20. The molecule has 0 aromatic rings. The van der Waals surface area contributed by atoms with Gasteiger partial charge in [0.1, 0.15) is 8.07 Å². The van der Waals surface area contributed by atoms with Gasteiger partial charge in [0.15, 0.2) is 8.32 Å². The van der Waals surface area contributed by atoms with Crippen molar-refractivity contribution >= 4 is 16.4 Å². The molecule has 0 aromatic carbocycles. The van der Waals surface area contributed by atoms with Crippen LogP contribution in [0, 0.1) is 11.5 Å². The van der Waals surface area contributed by atoms with Crippen LogP contribution in [0.1, 0.15) is 32.6 Å². The molecule has 0 heterocycles. The van der Waals surface area contributed by atoms with Crippen molar-refractivity contribution in [1.29, 1.82) is 0 Å². The van der Waals surface area contributed by atoms with Gasteiger partial charge in [-0.15, -0.1) is 5.54 Å². The van der Waals surface area contributed by atoms with Crippen molar-refractivity contribution in [2.24, 2.45) is 0 Å². The molecule has 0 aliphatic rings. The van der Waals surface area contributed by atoms with E-state index in [0.717, 1.165) is 6.42 Å². The molecule has 0 fully saturated rings. The predicted molar refractivity (Wildman–Crippen MR) is 92.6 cm³/mol. The fourth-order valence-electron chi connectivity index (χ4n) is 1.66. The predicted octanol–water partition coefficient (Wildman–Crippen LogP) is 5.22. The Morgan fingerprint density at radius 2 is 1.68 bits per heavy atom. The molecule has 1 nitrogen and oxygen atoms in total. The van der Waals surface area contributed by atoms with Crippen LogP contribution in [0.2, 0.25) is 39.3 Å². The molecular formula is C16H32OSi2. The minimum Gasteiger partial charge on any atom is -0.411 e. The van der Waals surface area contributed by atoms with E-state index in [0.29, 0.717) is 0 Å². The summed E-state index contributed by atoms with van der Waals surface area (Å²) in [5, 5.41) is 0. The molecule has 19 heavy (non-hydrogen) atoms. The van der Waals surface area contributed by atoms with E-state index in [1.54, 1.807) is 0 Å². The first kappa shape index (κ1) is 18.7. The van der Waals surface area contributed by atoms with Crippen LogP contribution in [0.5, 0.6) is 0 Å². The summed E-state index contributed by atoms with van der Waals surface area (Å²) in [6.45, 7) is 15.8. The number of allylic oxidation sites excluding steroid dienone is 1. The Kier molecular flexibility index (Phi) is 8.64. The highest BCUT2D eigenvalue weighted by Crippen LogP contribution is 2.14. The Morgan fingerprint density at radius 1 is 1.05 bits per heavy atom. The van der Waals surface area contributed by atoms with Gasteiger partial charge < -0.3 is 4.43 Å². The molecule has 0 rings (SSSR count). The van der Waals surface area contributed by atoms with E-state index in [2.05, 4.69) is 63.7 Å². The Bertz CT molecular complexity index is 323. The van der Waals surface area contributed by atoms with Crippen molar-refractivity contribution < 1.29 is 4.43 Å². The first-order chi connectivity index (χ1) is 8.64. The normalized spacial score (nSPS) is 14.3. The summed E-state index contributed by atoms with van der Waals surface area (Å²) >= 11 is 0. The van der Waals surface area contributed by atoms with Gasteiger partial charge in [-0.05, 0) is 38.2 Å². The first-order valence-electron chi connectivity index (χ1n) is 7.51. The van der Waals surface area contributed by atoms with Gasteiger partial charge in [-0.1, -0.05) is 51.7 Å². The molecule has 0 spiro atoms. The van der Waals surface area contributed by atoms with E-state index in [1.807, 2.05) is 6.08 Å². The molecule has 110 valence electrons. The maximum atomic E-state index is 6.21. The van der Waals surface area contributed by atoms with Crippen LogP contribution in [0.25, 0.3) is 0 Å². The fraction of sp³-hybridized carbons (Fsp3) is 0.750. The van der Waals surface area contributed by atoms with Gasteiger partial charge in [-0.3, -0.25) is 0 Å². The van der Waals surface area contributed by atoms with Crippen molar-refractivity contribution in [1.82, 2.24) is 0 Å². The summed E-state index contributed by atoms with van der Waals surface area (Å²) in [7, 11) is -2.72. The lowest BCUT2D eigenvalue weighted by Crippen LogP contribution is -2.31. The van der Waals surface area contributed by atoms with Crippen LogP contribution in [0.15, 0.2) is 12.2 Å². The molecule has 1 atom stereocenters. The van der Waals surface area contributed by atoms with Crippen LogP contribution in [0.3, 0.4) is 0 Å². The Morgan fingerprint density at radius 3 is 2.16 bits per heavy atom. The smallest absolute Gasteiger partial charge is 0.184 e. The molecule has 0 N–H and O–H groups in total. The zero-order valence-electron chi connectivity index (χ0n) is 14.0. The summed E-state index contributed by atoms with van der Waals surface area (Å²) < 4.78 is 6.21. The third-order valence-corrected chi connectivity index (χ3v) is 4.34. The molecule has 1 unspecified atom stereocenters. The lowest BCUT2D eigenvalue weighted by molar-refractivity contribution is 0.227. The molecule has 0 radical (unpaired) electrons. The lowest BCUT2D eigenvalue weighted by atomic mass is 10.1. The third-order valence-electron chi connectivity index (χ3n) is 2.44. The average molecular weight is 297 g/mol. The van der Waals surface area contributed by atoms with Crippen LogP contribution in [-0.4, -0.2) is 22.5 Å². The van der Waals surface area contributed by atoms with Crippen LogP contribution in [-0.2, 0) is 4.43 Å². The van der Waals surface area contributed by atoms with E-state index >= 15 is 0 Å². The number of hydrogen-bond donors (Lipinski definition) is 0. The monoisotopic (exact) mass is 296 g/mol. The van der Waals surface area contributed by atoms with Gasteiger partial charge in [0.25, 0.3) is 0 Å². The highest BCUT2D eigenvalue weighted by molar-refractivity contribution is 6.83. The Balaban J connectivity index is 4.47. The molecule has 0 saturated carbocycles. The summed E-state index contributed by atoms with van der Waals surface area (Å²) in [4.78, 5) is 0. The zero-order chi connectivity index (χ0) is 14.9. The molecule has 0 amide bonds. The minimum atomic E-state index is -1.47. The zero-order valence-corrected chi connectivity index (χ0v) is 16.0. The molecule has 0 aliphatic carbocycles. The van der Waals surface area contributed by atoms with Crippen molar-refractivity contribution in [3.05, 3.63) is 12.2 Å². The quantitative estimate of drug-likeness (QED) is 0.355. The molecule has 0 saturated heterocycles. The minimum absolute atomic E-state index is 0.258. The van der Waals surface area contributed by atoms with Gasteiger partial charge in [0.2, 0.25) is 0 Å². The molecule has 3 heteroatoms. The van der Waals surface area contributed by atoms with Crippen molar-refractivity contribution in [2.45, 2.75) is 78.0 Å². The third kappa shape index (κ3) is 13.9. The van der Waals surface area contributed by atoms with Crippen molar-refractivity contribution in [3.63, 3.8) is 0 Å². The Hall–Kier alpha value is -0.306. The SMILES string of the molecule is CCCCCC(/C=C\C#C[Si](C)(C)C)O[Si](C)(C)C. The average Bonchev–Trinajstić information content (AvgIpc) is 2.21. The fourth-order valence-corrected chi connectivity index (χ4v) is 3.28. The lowest BCUT2D eigenvalue weighted by Gasteiger charge is -2.24. The van der Waals surface area contributed by atoms with Crippen LogP contribution >= 0.6 is 0 Å². The van der Waals surface area contributed by atoms with Crippen LogP contribution < -0.4 is 0 Å². The van der Waals surface area contributed by atoms with Gasteiger partial charge >= 0.3 is 0 Å². The number of hydrogen-bond acceptors (Lipinski definition) is 1. The van der Waals surface area contributed by atoms with E-state index in [4.69, 9.17) is 4.43 Å². The van der Waals surface area contributed by atoms with Crippen molar-refractivity contribution in [2.75, 3.05) is 0 Å². The van der Waals surface area contributed by atoms with Gasteiger partial charge in [-0.2, -0.15) is 0 Å². The highest BCUT2D eigenvalue weighted by atomic mass is 28.4. The largest absolute Gasteiger partial charge is 0.411 e. The van der Waals surface area contributed by atoms with E-state index in [-0.39, 0.29) is 6.10 Å². The summed E-state index contributed by atoms with van der Waals surface area (Å²) in [6.07, 6.45) is 9.37. The van der Waals surface area contributed by atoms with E-state index in [1.165, 1.54) is 19.3 Å². The number of unbranched alkanes of at least 4 members (excludes halogenated alkanes) is 2. The maximum Gasteiger partial charge on any atom is 0.184 e. The highest BCUT2D eigenvalue weighted by Gasteiger charge is 2.18. The second-order valence-corrected chi connectivity index (χ2v) is 16.4. The summed E-state index contributed by atoms with van der Waals surface area (Å²) in [6, 6.07) is 0. The van der Waals surface area contributed by atoms with E-state index < -0.39 is 16.4 Å². The van der Waals surface area contributed by atoms with Gasteiger partial charge in [0, 0.05) is 0 Å². The second kappa shape index (κ2) is 8.78. The molecule has 0 aromatic heterocycles. The second-order valence-electron chi connectivity index (χ2n) is 7.14. The molecule has 0 bridgehead atoms.